The van der Waals surface area contributed by atoms with E-state index in [1.54, 1.807) is 0 Å². The molecular formula is C7H7FN2O3. The fraction of sp³-hybridized carbons (Fsp3) is 0.143. The second-order valence-electron chi connectivity index (χ2n) is 2.14. The summed E-state index contributed by atoms with van der Waals surface area (Å²) in [5.74, 6) is -0.702. The molecule has 1 aromatic heterocycles. The van der Waals surface area contributed by atoms with Crippen LogP contribution in [-0.4, -0.2) is 24.2 Å². The van der Waals surface area contributed by atoms with Crippen LogP contribution < -0.4 is 5.43 Å². The van der Waals surface area contributed by atoms with Gasteiger partial charge in [-0.15, -0.1) is 0 Å². The molecule has 0 atom stereocenters. The molecule has 13 heavy (non-hydrogen) atoms. The first-order valence-electron chi connectivity index (χ1n) is 3.36. The van der Waals surface area contributed by atoms with Gasteiger partial charge in [0.15, 0.2) is 12.1 Å². The van der Waals surface area contributed by atoms with Gasteiger partial charge in [0.05, 0.1) is 7.11 Å². The summed E-state index contributed by atoms with van der Waals surface area (Å²) < 4.78 is 17.9. The summed E-state index contributed by atoms with van der Waals surface area (Å²) in [5.41, 5.74) is 1.86. The smallest absolute Gasteiger partial charge is 0.426 e. The summed E-state index contributed by atoms with van der Waals surface area (Å²) in [6.07, 6.45) is 0.722. The van der Waals surface area contributed by atoms with E-state index >= 15 is 0 Å². The Morgan fingerprint density at radius 2 is 2.46 bits per heavy atom. The van der Waals surface area contributed by atoms with E-state index in [-0.39, 0.29) is 5.69 Å². The number of aldehydes is 1. The molecule has 1 N–H and O–H groups in total. The molecule has 0 bridgehead atoms. The lowest BCUT2D eigenvalue weighted by molar-refractivity contribution is 0.111. The minimum Gasteiger partial charge on any atom is -0.452 e. The van der Waals surface area contributed by atoms with Crippen LogP contribution in [0.1, 0.15) is 10.5 Å². The van der Waals surface area contributed by atoms with Crippen LogP contribution in [0.4, 0.5) is 9.18 Å². The molecule has 0 saturated carbocycles. The third-order valence-electron chi connectivity index (χ3n) is 1.38. The molecule has 0 spiro atoms. The largest absolute Gasteiger partial charge is 0.452 e. The molecule has 6 heteroatoms. The van der Waals surface area contributed by atoms with Crippen LogP contribution in [0.5, 0.6) is 0 Å². The van der Waals surface area contributed by atoms with Crippen molar-refractivity contribution in [3.63, 3.8) is 0 Å². The topological polar surface area (TPSA) is 60.3 Å². The van der Waals surface area contributed by atoms with Gasteiger partial charge in [0.25, 0.3) is 0 Å². The van der Waals surface area contributed by atoms with E-state index in [0.717, 1.165) is 17.9 Å². The maximum atomic E-state index is 12.7. The van der Waals surface area contributed by atoms with Crippen molar-refractivity contribution in [3.05, 3.63) is 23.8 Å². The summed E-state index contributed by atoms with van der Waals surface area (Å²) >= 11 is 0. The summed E-state index contributed by atoms with van der Waals surface area (Å²) in [6, 6.07) is 1.06. The molecular weight excluding hydrogens is 179 g/mol. The highest BCUT2D eigenvalue weighted by Crippen LogP contribution is 2.04. The number of halogens is 1. The van der Waals surface area contributed by atoms with Gasteiger partial charge in [-0.1, -0.05) is 0 Å². The van der Waals surface area contributed by atoms with Crippen molar-refractivity contribution in [1.29, 1.82) is 0 Å². The molecule has 1 amide bonds. The first kappa shape index (κ1) is 9.24. The number of rotatable bonds is 2. The highest BCUT2D eigenvalue weighted by atomic mass is 19.1. The van der Waals surface area contributed by atoms with E-state index in [2.05, 4.69) is 10.2 Å². The average Bonchev–Trinajstić information content (AvgIpc) is 2.46. The van der Waals surface area contributed by atoms with Crippen molar-refractivity contribution in [2.75, 3.05) is 12.5 Å². The van der Waals surface area contributed by atoms with Crippen molar-refractivity contribution in [2.24, 2.45) is 0 Å². The lowest BCUT2D eigenvalue weighted by Gasteiger charge is -2.05. The van der Waals surface area contributed by atoms with Gasteiger partial charge in [-0.3, -0.25) is 9.47 Å². The molecule has 5 nitrogen and oxygen atoms in total. The number of carbonyl (C=O) groups is 2. The highest BCUT2D eigenvalue weighted by molar-refractivity contribution is 5.79. The van der Waals surface area contributed by atoms with Crippen molar-refractivity contribution < 1.29 is 18.7 Å². The molecule has 1 aromatic rings. The van der Waals surface area contributed by atoms with E-state index < -0.39 is 11.9 Å². The Morgan fingerprint density at radius 3 is 3.00 bits per heavy atom. The van der Waals surface area contributed by atoms with Crippen LogP contribution in [0.25, 0.3) is 0 Å². The van der Waals surface area contributed by atoms with Gasteiger partial charge < -0.3 is 4.74 Å². The average molecular weight is 186 g/mol. The molecule has 0 aromatic carbocycles. The molecule has 1 heterocycles. The zero-order chi connectivity index (χ0) is 9.84. The number of amides is 1. The molecule has 0 aliphatic carbocycles. The Balaban J connectivity index is 2.88. The summed E-state index contributed by atoms with van der Waals surface area (Å²) in [5, 5.41) is 0. The van der Waals surface area contributed by atoms with Gasteiger partial charge in [0, 0.05) is 6.20 Å². The Morgan fingerprint density at radius 1 is 1.77 bits per heavy atom. The number of nitrogens with one attached hydrogen (secondary N) is 1. The predicted octanol–water partition coefficient (Wildman–Crippen LogP) is 0.750. The van der Waals surface area contributed by atoms with Crippen LogP contribution in [0.15, 0.2) is 12.3 Å². The number of nitrogens with zero attached hydrogens (tertiary/aromatic N) is 1. The first-order valence-corrected chi connectivity index (χ1v) is 3.36. The van der Waals surface area contributed by atoms with Crippen molar-refractivity contribution >= 4 is 12.4 Å². The molecule has 0 aliphatic heterocycles. The lowest BCUT2D eigenvalue weighted by atomic mass is 10.4. The molecule has 0 aliphatic rings. The fourth-order valence-electron chi connectivity index (χ4n) is 0.775. The molecule has 0 saturated heterocycles. The van der Waals surface area contributed by atoms with Crippen molar-refractivity contribution in [3.8, 4) is 0 Å². The number of ether oxygens (including phenoxy) is 1. The number of carbonyl (C=O) groups excluding carboxylic acids is 2. The quantitative estimate of drug-likeness (QED) is 0.693. The number of methoxy groups -OCH3 is 1. The van der Waals surface area contributed by atoms with Crippen molar-refractivity contribution in [1.82, 2.24) is 4.68 Å². The van der Waals surface area contributed by atoms with E-state index in [4.69, 9.17) is 0 Å². The molecule has 0 radical (unpaired) electrons. The SMILES string of the molecule is COC(=O)Nn1ccc(F)c1C=O. The molecule has 0 fully saturated rings. The summed E-state index contributed by atoms with van der Waals surface area (Å²) in [7, 11) is 1.16. The standard InChI is InChI=1S/C7H7FN2O3/c1-13-7(12)9-10-3-2-5(8)6(10)4-11/h2-4H,1H3,(H,9,12). The zero-order valence-corrected chi connectivity index (χ0v) is 6.78. The van der Waals surface area contributed by atoms with Gasteiger partial charge in [-0.2, -0.15) is 0 Å². The van der Waals surface area contributed by atoms with Crippen molar-refractivity contribution in [2.45, 2.75) is 0 Å². The summed E-state index contributed by atoms with van der Waals surface area (Å²) in [6.45, 7) is 0. The van der Waals surface area contributed by atoms with Crippen LogP contribution >= 0.6 is 0 Å². The van der Waals surface area contributed by atoms with E-state index in [1.165, 1.54) is 6.20 Å². The number of hydrogen-bond donors (Lipinski definition) is 1. The minimum atomic E-state index is -0.779. The van der Waals surface area contributed by atoms with Gasteiger partial charge in [-0.25, -0.2) is 14.6 Å². The van der Waals surface area contributed by atoms with Crippen LogP contribution in [-0.2, 0) is 4.74 Å². The maximum absolute atomic E-state index is 12.7. The Hall–Kier alpha value is -1.85. The van der Waals surface area contributed by atoms with E-state index in [9.17, 15) is 14.0 Å². The second-order valence-corrected chi connectivity index (χ2v) is 2.14. The fourth-order valence-corrected chi connectivity index (χ4v) is 0.775. The minimum absolute atomic E-state index is 0.259. The third kappa shape index (κ3) is 1.84. The highest BCUT2D eigenvalue weighted by Gasteiger charge is 2.09. The van der Waals surface area contributed by atoms with Crippen LogP contribution in [0, 0.1) is 5.82 Å². The van der Waals surface area contributed by atoms with E-state index in [1.807, 2.05) is 0 Å². The first-order chi connectivity index (χ1) is 6.19. The van der Waals surface area contributed by atoms with Crippen LogP contribution in [0.2, 0.25) is 0 Å². The van der Waals surface area contributed by atoms with Gasteiger partial charge in [0.2, 0.25) is 0 Å². The maximum Gasteiger partial charge on any atom is 0.426 e. The lowest BCUT2D eigenvalue weighted by Crippen LogP contribution is -2.23. The van der Waals surface area contributed by atoms with E-state index in [0.29, 0.717) is 6.29 Å². The molecule has 70 valence electrons. The van der Waals surface area contributed by atoms with Gasteiger partial charge >= 0.3 is 6.09 Å². The third-order valence-corrected chi connectivity index (χ3v) is 1.38. The van der Waals surface area contributed by atoms with Crippen LogP contribution in [0.3, 0.4) is 0 Å². The second kappa shape index (κ2) is 3.70. The number of aromatic nitrogens is 1. The Labute approximate surface area is 73.1 Å². The molecule has 0 unspecified atom stereocenters. The van der Waals surface area contributed by atoms with Gasteiger partial charge in [-0.05, 0) is 6.07 Å². The molecule has 1 rings (SSSR count). The summed E-state index contributed by atoms with van der Waals surface area (Å²) in [4.78, 5) is 21.0. The number of hydrogen-bond acceptors (Lipinski definition) is 3. The Bertz CT molecular complexity index is 334. The Kier molecular flexibility index (Phi) is 2.63. The monoisotopic (exact) mass is 186 g/mol. The normalized spacial score (nSPS) is 9.38. The predicted molar refractivity (Wildman–Crippen MR) is 41.5 cm³/mol. The zero-order valence-electron chi connectivity index (χ0n) is 6.78. The van der Waals surface area contributed by atoms with Gasteiger partial charge in [0.1, 0.15) is 5.69 Å².